The van der Waals surface area contributed by atoms with Crippen LogP contribution >= 0.6 is 0 Å². The molecule has 0 fully saturated rings. The van der Waals surface area contributed by atoms with E-state index < -0.39 is 11.8 Å². The van der Waals surface area contributed by atoms with Gasteiger partial charge in [-0.3, -0.25) is 9.78 Å². The Kier molecular flexibility index (Phi) is 5.01. The van der Waals surface area contributed by atoms with Crippen molar-refractivity contribution in [2.75, 3.05) is 12.4 Å². The number of anilines is 1. The summed E-state index contributed by atoms with van der Waals surface area (Å²) in [4.78, 5) is 28.6. The summed E-state index contributed by atoms with van der Waals surface area (Å²) < 4.78 is 35.3. The van der Waals surface area contributed by atoms with Gasteiger partial charge in [0.2, 0.25) is 5.88 Å². The van der Waals surface area contributed by atoms with Crippen molar-refractivity contribution < 1.29 is 18.3 Å². The Hall–Kier alpha value is -4.01. The van der Waals surface area contributed by atoms with E-state index in [2.05, 4.69) is 25.3 Å². The number of hydrogen-bond donors (Lipinski definition) is 1. The van der Waals surface area contributed by atoms with E-state index in [1.54, 1.807) is 30.3 Å². The predicted molar refractivity (Wildman–Crippen MR) is 106 cm³/mol. The first-order valence-corrected chi connectivity index (χ1v) is 8.84. The molecule has 1 amide bonds. The average Bonchev–Trinajstić information content (AvgIpc) is 2.79. The van der Waals surface area contributed by atoms with Crippen molar-refractivity contribution in [3.8, 4) is 5.88 Å². The second-order valence-corrected chi connectivity index (χ2v) is 6.32. The lowest BCUT2D eigenvalue weighted by atomic mass is 9.97. The van der Waals surface area contributed by atoms with Crippen LogP contribution in [0.3, 0.4) is 0 Å². The third kappa shape index (κ3) is 3.64. The minimum atomic E-state index is -3.41. The molecule has 0 aliphatic carbocycles. The number of ether oxygens (including phenoxy) is 1. The maximum Gasteiger partial charge on any atom is 0.301 e. The minimum absolute atomic E-state index is 0.00996. The molecule has 0 spiro atoms. The lowest BCUT2D eigenvalue weighted by Crippen LogP contribution is -2.19. The summed E-state index contributed by atoms with van der Waals surface area (Å²) in [5.41, 5.74) is -0.471. The molecule has 150 valence electrons. The van der Waals surface area contributed by atoms with Crippen LogP contribution in [0.1, 0.15) is 21.5 Å². The number of halogens is 2. The van der Waals surface area contributed by atoms with E-state index in [1.807, 2.05) is 0 Å². The fourth-order valence-electron chi connectivity index (χ4n) is 2.96. The van der Waals surface area contributed by atoms with Crippen LogP contribution in [0.15, 0.2) is 67.4 Å². The molecule has 0 radical (unpaired) electrons. The number of rotatable bonds is 5. The molecule has 0 bridgehead atoms. The molecule has 0 saturated carbocycles. The fourth-order valence-corrected chi connectivity index (χ4v) is 2.96. The van der Waals surface area contributed by atoms with Gasteiger partial charge in [0.25, 0.3) is 5.91 Å². The van der Waals surface area contributed by atoms with Crippen molar-refractivity contribution in [1.29, 1.82) is 0 Å². The van der Waals surface area contributed by atoms with E-state index in [1.165, 1.54) is 25.7 Å². The van der Waals surface area contributed by atoms with E-state index in [0.29, 0.717) is 16.8 Å². The van der Waals surface area contributed by atoms with Crippen molar-refractivity contribution in [3.05, 3.63) is 84.1 Å². The molecule has 1 aromatic carbocycles. The Balaban J connectivity index is 1.80. The quantitative estimate of drug-likeness (QED) is 0.541. The number of carbonyl (C=O) groups is 1. The Morgan fingerprint density at radius 2 is 1.87 bits per heavy atom. The summed E-state index contributed by atoms with van der Waals surface area (Å²) in [6.45, 7) is 0. The Labute approximate surface area is 169 Å². The molecular weight excluding hydrogens is 392 g/mol. The van der Waals surface area contributed by atoms with Gasteiger partial charge in [-0.1, -0.05) is 12.1 Å². The second-order valence-electron chi connectivity index (χ2n) is 6.32. The zero-order chi connectivity index (χ0) is 21.1. The van der Waals surface area contributed by atoms with Crippen molar-refractivity contribution in [3.63, 3.8) is 0 Å². The first-order valence-electron chi connectivity index (χ1n) is 8.84. The van der Waals surface area contributed by atoms with Gasteiger partial charge in [0.1, 0.15) is 12.1 Å². The van der Waals surface area contributed by atoms with E-state index in [-0.39, 0.29) is 22.5 Å². The summed E-state index contributed by atoms with van der Waals surface area (Å²) in [6, 6.07) is 10.5. The van der Waals surface area contributed by atoms with Crippen LogP contribution in [-0.2, 0) is 5.92 Å². The summed E-state index contributed by atoms with van der Waals surface area (Å²) in [7, 11) is 1.45. The van der Waals surface area contributed by atoms with Crippen LogP contribution in [0.5, 0.6) is 5.88 Å². The third-order valence-electron chi connectivity index (χ3n) is 4.41. The fraction of sp³-hybridized carbons (Fsp3) is 0.0952. The number of fused-ring (bicyclic) bond motifs is 1. The minimum Gasteiger partial charge on any atom is -0.481 e. The van der Waals surface area contributed by atoms with Gasteiger partial charge in [0.15, 0.2) is 0 Å². The number of amides is 1. The van der Waals surface area contributed by atoms with Crippen molar-refractivity contribution in [1.82, 2.24) is 19.9 Å². The van der Waals surface area contributed by atoms with Crippen molar-refractivity contribution in [2.24, 2.45) is 0 Å². The second kappa shape index (κ2) is 7.78. The molecular formula is C21H15F2N5O2. The molecule has 0 aliphatic heterocycles. The van der Waals surface area contributed by atoms with E-state index in [4.69, 9.17) is 4.74 Å². The van der Waals surface area contributed by atoms with Gasteiger partial charge in [-0.25, -0.2) is 9.97 Å². The van der Waals surface area contributed by atoms with Crippen LogP contribution in [0.4, 0.5) is 14.6 Å². The van der Waals surface area contributed by atoms with Gasteiger partial charge in [-0.05, 0) is 24.3 Å². The number of aromatic nitrogens is 4. The van der Waals surface area contributed by atoms with Crippen LogP contribution in [0, 0.1) is 0 Å². The van der Waals surface area contributed by atoms with Crippen molar-refractivity contribution >= 4 is 22.6 Å². The predicted octanol–water partition coefficient (Wildman–Crippen LogP) is 3.82. The van der Waals surface area contributed by atoms with Gasteiger partial charge < -0.3 is 10.1 Å². The maximum atomic E-state index is 15.1. The van der Waals surface area contributed by atoms with Gasteiger partial charge in [0, 0.05) is 35.6 Å². The standard InChI is InChI=1S/C21H15F2N5O2/c1-30-18-6-2-5-17(27-18)28-20(29)16-9-14(8-13-4-3-7-26-19(13)16)21(22,23)15-10-24-12-25-11-15/h2-12H,1H3,(H,27,28,29). The molecule has 0 saturated heterocycles. The third-order valence-corrected chi connectivity index (χ3v) is 4.41. The number of nitrogens with one attached hydrogen (secondary N) is 1. The molecule has 7 nitrogen and oxygen atoms in total. The lowest BCUT2D eigenvalue weighted by Gasteiger charge is -2.18. The summed E-state index contributed by atoms with van der Waals surface area (Å²) in [6.07, 6.45) is 4.75. The topological polar surface area (TPSA) is 89.9 Å². The zero-order valence-electron chi connectivity index (χ0n) is 15.7. The molecule has 3 heterocycles. The van der Waals surface area contributed by atoms with Gasteiger partial charge in [0.05, 0.1) is 23.8 Å². The maximum absolute atomic E-state index is 15.1. The number of alkyl halides is 2. The first kappa shape index (κ1) is 19.3. The largest absolute Gasteiger partial charge is 0.481 e. The van der Waals surface area contributed by atoms with E-state index in [9.17, 15) is 4.79 Å². The molecule has 0 unspecified atom stereocenters. The number of carbonyl (C=O) groups excluding carboxylic acids is 1. The molecule has 0 atom stereocenters. The highest BCUT2D eigenvalue weighted by Gasteiger charge is 2.36. The molecule has 30 heavy (non-hydrogen) atoms. The highest BCUT2D eigenvalue weighted by molar-refractivity contribution is 6.11. The van der Waals surface area contributed by atoms with Gasteiger partial charge in [-0.2, -0.15) is 13.8 Å². The van der Waals surface area contributed by atoms with Crippen molar-refractivity contribution in [2.45, 2.75) is 5.92 Å². The Bertz CT molecular complexity index is 1220. The molecule has 0 aliphatic rings. The number of benzene rings is 1. The van der Waals surface area contributed by atoms with Crippen LogP contribution in [0.2, 0.25) is 0 Å². The summed E-state index contributed by atoms with van der Waals surface area (Å²) in [5, 5.41) is 3.00. The zero-order valence-corrected chi connectivity index (χ0v) is 15.7. The molecule has 4 aromatic rings. The molecule has 1 N–H and O–H groups in total. The molecule has 9 heteroatoms. The number of nitrogens with zero attached hydrogens (tertiary/aromatic N) is 4. The van der Waals surface area contributed by atoms with E-state index in [0.717, 1.165) is 18.5 Å². The SMILES string of the molecule is COc1cccc(NC(=O)c2cc(C(F)(F)c3cncnc3)cc3cccnc23)n1. The Morgan fingerprint density at radius 1 is 1.07 bits per heavy atom. The number of pyridine rings is 2. The van der Waals surface area contributed by atoms with Gasteiger partial charge >= 0.3 is 5.92 Å². The lowest BCUT2D eigenvalue weighted by molar-refractivity contribution is 0.0421. The summed E-state index contributed by atoms with van der Waals surface area (Å²) >= 11 is 0. The molecule has 4 rings (SSSR count). The number of methoxy groups -OCH3 is 1. The normalized spacial score (nSPS) is 11.3. The van der Waals surface area contributed by atoms with Crippen LogP contribution in [-0.4, -0.2) is 33.0 Å². The smallest absolute Gasteiger partial charge is 0.301 e. The van der Waals surface area contributed by atoms with Gasteiger partial charge in [-0.15, -0.1) is 0 Å². The van der Waals surface area contributed by atoms with Crippen LogP contribution in [0.25, 0.3) is 10.9 Å². The Morgan fingerprint density at radius 3 is 2.63 bits per heavy atom. The highest BCUT2D eigenvalue weighted by Crippen LogP contribution is 2.37. The average molecular weight is 407 g/mol. The summed E-state index contributed by atoms with van der Waals surface area (Å²) in [5.74, 6) is -3.51. The van der Waals surface area contributed by atoms with Crippen LogP contribution < -0.4 is 10.1 Å². The molecule has 3 aromatic heterocycles. The van der Waals surface area contributed by atoms with E-state index >= 15 is 8.78 Å². The number of hydrogen-bond acceptors (Lipinski definition) is 6. The monoisotopic (exact) mass is 407 g/mol. The highest BCUT2D eigenvalue weighted by atomic mass is 19.3. The first-order chi connectivity index (χ1) is 14.5.